The van der Waals surface area contributed by atoms with Crippen molar-refractivity contribution >= 4 is 11.8 Å². The van der Waals surface area contributed by atoms with Crippen LogP contribution in [0.15, 0.2) is 0 Å². The topological polar surface area (TPSA) is 84.2 Å². The van der Waals surface area contributed by atoms with Gasteiger partial charge in [-0.15, -0.1) is 0 Å². The van der Waals surface area contributed by atoms with E-state index in [0.29, 0.717) is 13.1 Å². The molecule has 0 aliphatic rings. The van der Waals surface area contributed by atoms with Gasteiger partial charge in [0.05, 0.1) is 0 Å². The van der Waals surface area contributed by atoms with Crippen LogP contribution in [0.25, 0.3) is 0 Å². The van der Waals surface area contributed by atoms with Gasteiger partial charge in [0, 0.05) is 30.5 Å². The highest BCUT2D eigenvalue weighted by atomic mass is 16.2. The summed E-state index contributed by atoms with van der Waals surface area (Å²) < 4.78 is 0. The van der Waals surface area contributed by atoms with Crippen molar-refractivity contribution in [2.75, 3.05) is 13.1 Å². The van der Waals surface area contributed by atoms with Gasteiger partial charge in [-0.3, -0.25) is 9.59 Å². The Labute approximate surface area is 104 Å². The molecule has 5 heteroatoms. The summed E-state index contributed by atoms with van der Waals surface area (Å²) in [5.74, 6) is -0.315. The minimum Gasteiger partial charge on any atom is -0.354 e. The van der Waals surface area contributed by atoms with Crippen LogP contribution in [0.2, 0.25) is 0 Å². The van der Waals surface area contributed by atoms with Crippen LogP contribution >= 0.6 is 0 Å². The second-order valence-electron chi connectivity index (χ2n) is 5.44. The number of rotatable bonds is 5. The lowest BCUT2D eigenvalue weighted by Gasteiger charge is -2.18. The minimum atomic E-state index is -0.400. The molecule has 2 atom stereocenters. The molecule has 0 aliphatic carbocycles. The van der Waals surface area contributed by atoms with Gasteiger partial charge < -0.3 is 16.4 Å². The second kappa shape index (κ2) is 6.59. The van der Waals surface area contributed by atoms with Crippen molar-refractivity contribution in [1.82, 2.24) is 10.6 Å². The molecule has 0 saturated carbocycles. The lowest BCUT2D eigenvalue weighted by atomic mass is 9.96. The van der Waals surface area contributed by atoms with Crippen LogP contribution in [0.1, 0.15) is 34.6 Å². The van der Waals surface area contributed by atoms with Gasteiger partial charge in [-0.25, -0.2) is 0 Å². The standard InChI is InChI=1S/C12H25N3O2/c1-8(9(2)13)10(16)14-6-7-15-11(17)12(3,4)5/h8-9H,6-7,13H2,1-5H3,(H,14,16)(H,15,17). The smallest absolute Gasteiger partial charge is 0.225 e. The van der Waals surface area contributed by atoms with Crippen molar-refractivity contribution < 1.29 is 9.59 Å². The molecule has 0 aromatic heterocycles. The van der Waals surface area contributed by atoms with Gasteiger partial charge in [-0.2, -0.15) is 0 Å². The van der Waals surface area contributed by atoms with E-state index in [1.807, 2.05) is 20.8 Å². The Kier molecular flexibility index (Phi) is 6.16. The lowest BCUT2D eigenvalue weighted by molar-refractivity contribution is -0.129. The molecule has 5 nitrogen and oxygen atoms in total. The number of amides is 2. The maximum atomic E-state index is 11.5. The molecule has 100 valence electrons. The summed E-state index contributed by atoms with van der Waals surface area (Å²) in [7, 11) is 0. The molecular formula is C12H25N3O2. The second-order valence-corrected chi connectivity index (χ2v) is 5.44. The Morgan fingerprint density at radius 1 is 1.12 bits per heavy atom. The maximum Gasteiger partial charge on any atom is 0.225 e. The van der Waals surface area contributed by atoms with E-state index in [9.17, 15) is 9.59 Å². The zero-order valence-electron chi connectivity index (χ0n) is 11.5. The van der Waals surface area contributed by atoms with Crippen LogP contribution in [-0.2, 0) is 9.59 Å². The van der Waals surface area contributed by atoms with Gasteiger partial charge >= 0.3 is 0 Å². The summed E-state index contributed by atoms with van der Waals surface area (Å²) in [4.78, 5) is 23.0. The minimum absolute atomic E-state index is 0.0213. The molecular weight excluding hydrogens is 218 g/mol. The molecule has 0 aliphatic heterocycles. The van der Waals surface area contributed by atoms with Gasteiger partial charge in [0.2, 0.25) is 11.8 Å². The van der Waals surface area contributed by atoms with Crippen molar-refractivity contribution in [3.8, 4) is 0 Å². The van der Waals surface area contributed by atoms with Crippen molar-refractivity contribution in [2.24, 2.45) is 17.1 Å². The van der Waals surface area contributed by atoms with Crippen LogP contribution in [0.4, 0.5) is 0 Å². The third-order valence-corrected chi connectivity index (χ3v) is 2.59. The molecule has 4 N–H and O–H groups in total. The summed E-state index contributed by atoms with van der Waals surface area (Å²) >= 11 is 0. The molecule has 0 rings (SSSR count). The van der Waals surface area contributed by atoms with E-state index in [-0.39, 0.29) is 23.8 Å². The highest BCUT2D eigenvalue weighted by molar-refractivity contribution is 5.81. The van der Waals surface area contributed by atoms with Crippen molar-refractivity contribution in [3.05, 3.63) is 0 Å². The number of hydrogen-bond donors (Lipinski definition) is 3. The number of hydrogen-bond acceptors (Lipinski definition) is 3. The Bertz CT molecular complexity index is 269. The normalized spacial score (nSPS) is 14.9. The van der Waals surface area contributed by atoms with Gasteiger partial charge in [0.25, 0.3) is 0 Å². The van der Waals surface area contributed by atoms with E-state index >= 15 is 0 Å². The van der Waals surface area contributed by atoms with Crippen molar-refractivity contribution in [1.29, 1.82) is 0 Å². The van der Waals surface area contributed by atoms with E-state index in [2.05, 4.69) is 10.6 Å². The average molecular weight is 243 g/mol. The third kappa shape index (κ3) is 6.26. The SMILES string of the molecule is CC(N)C(C)C(=O)NCCNC(=O)C(C)(C)C. The first-order chi connectivity index (χ1) is 7.66. The Morgan fingerprint density at radius 2 is 1.59 bits per heavy atom. The molecule has 0 aromatic rings. The predicted molar refractivity (Wildman–Crippen MR) is 68.3 cm³/mol. The van der Waals surface area contributed by atoms with Gasteiger partial charge in [-0.05, 0) is 6.92 Å². The highest BCUT2D eigenvalue weighted by Crippen LogP contribution is 2.11. The zero-order chi connectivity index (χ0) is 13.6. The summed E-state index contributed by atoms with van der Waals surface area (Å²) in [6, 6.07) is -0.167. The van der Waals surface area contributed by atoms with Gasteiger partial charge in [0.15, 0.2) is 0 Å². The van der Waals surface area contributed by atoms with Gasteiger partial charge in [-0.1, -0.05) is 27.7 Å². The molecule has 2 unspecified atom stereocenters. The highest BCUT2D eigenvalue weighted by Gasteiger charge is 2.20. The number of carbonyl (C=O) groups excluding carboxylic acids is 2. The Balaban J connectivity index is 3.80. The van der Waals surface area contributed by atoms with Crippen LogP contribution in [0.5, 0.6) is 0 Å². The maximum absolute atomic E-state index is 11.5. The average Bonchev–Trinajstić information content (AvgIpc) is 2.20. The Morgan fingerprint density at radius 3 is 2.00 bits per heavy atom. The van der Waals surface area contributed by atoms with E-state index < -0.39 is 5.41 Å². The van der Waals surface area contributed by atoms with Crippen LogP contribution < -0.4 is 16.4 Å². The van der Waals surface area contributed by atoms with E-state index in [1.54, 1.807) is 13.8 Å². The fourth-order valence-electron chi connectivity index (χ4n) is 1.03. The van der Waals surface area contributed by atoms with Crippen molar-refractivity contribution in [2.45, 2.75) is 40.7 Å². The molecule has 0 heterocycles. The lowest BCUT2D eigenvalue weighted by Crippen LogP contribution is -2.43. The zero-order valence-corrected chi connectivity index (χ0v) is 11.5. The molecule has 0 bridgehead atoms. The first kappa shape index (κ1) is 15.9. The molecule has 0 spiro atoms. The molecule has 17 heavy (non-hydrogen) atoms. The third-order valence-electron chi connectivity index (χ3n) is 2.59. The Hall–Kier alpha value is -1.10. The van der Waals surface area contributed by atoms with Gasteiger partial charge in [0.1, 0.15) is 0 Å². The van der Waals surface area contributed by atoms with Crippen LogP contribution in [0.3, 0.4) is 0 Å². The summed E-state index contributed by atoms with van der Waals surface area (Å²) in [6.45, 7) is 9.99. The number of nitrogens with two attached hydrogens (primary N) is 1. The first-order valence-electron chi connectivity index (χ1n) is 5.98. The molecule has 0 radical (unpaired) electrons. The van der Waals surface area contributed by atoms with Crippen LogP contribution in [0, 0.1) is 11.3 Å². The summed E-state index contributed by atoms with van der Waals surface area (Å²) in [6.07, 6.45) is 0. The van der Waals surface area contributed by atoms with E-state index in [1.165, 1.54) is 0 Å². The predicted octanol–water partition coefficient (Wildman–Crippen LogP) is 0.248. The monoisotopic (exact) mass is 243 g/mol. The molecule has 0 saturated heterocycles. The number of carbonyl (C=O) groups is 2. The first-order valence-corrected chi connectivity index (χ1v) is 5.98. The van der Waals surface area contributed by atoms with Crippen LogP contribution in [-0.4, -0.2) is 30.9 Å². The fraction of sp³-hybridized carbons (Fsp3) is 0.833. The largest absolute Gasteiger partial charge is 0.354 e. The molecule has 2 amide bonds. The summed E-state index contributed by atoms with van der Waals surface area (Å²) in [5.41, 5.74) is 5.22. The molecule has 0 aromatic carbocycles. The van der Waals surface area contributed by atoms with E-state index in [0.717, 1.165) is 0 Å². The fourth-order valence-corrected chi connectivity index (χ4v) is 1.03. The summed E-state index contributed by atoms with van der Waals surface area (Å²) in [5, 5.41) is 5.50. The number of nitrogens with one attached hydrogen (secondary N) is 2. The van der Waals surface area contributed by atoms with E-state index in [4.69, 9.17) is 5.73 Å². The van der Waals surface area contributed by atoms with Crippen molar-refractivity contribution in [3.63, 3.8) is 0 Å². The molecule has 0 fully saturated rings. The quantitative estimate of drug-likeness (QED) is 0.605.